The summed E-state index contributed by atoms with van der Waals surface area (Å²) in [5.41, 5.74) is 2.03. The summed E-state index contributed by atoms with van der Waals surface area (Å²) in [4.78, 5) is 17.4. The monoisotopic (exact) mass is 328 g/mol. The minimum Gasteiger partial charge on any atom is -0.377 e. The van der Waals surface area contributed by atoms with Gasteiger partial charge in [-0.1, -0.05) is 17.7 Å². The van der Waals surface area contributed by atoms with E-state index in [2.05, 4.69) is 16.7 Å². The third-order valence-electron chi connectivity index (χ3n) is 5.96. The summed E-state index contributed by atoms with van der Waals surface area (Å²) in [6.45, 7) is 8.21. The lowest BCUT2D eigenvalue weighted by molar-refractivity contribution is 0.0506. The number of hydrogen-bond acceptors (Lipinski definition) is 3. The van der Waals surface area contributed by atoms with Gasteiger partial charge in [-0.15, -0.1) is 0 Å². The largest absolute Gasteiger partial charge is 0.377 e. The van der Waals surface area contributed by atoms with Crippen LogP contribution in [0.4, 0.5) is 0 Å². The highest BCUT2D eigenvalue weighted by atomic mass is 16.5. The van der Waals surface area contributed by atoms with E-state index in [-0.39, 0.29) is 5.91 Å². The molecule has 0 N–H and O–H groups in total. The van der Waals surface area contributed by atoms with E-state index >= 15 is 0 Å². The molecule has 0 saturated carbocycles. The number of aryl methyl sites for hydroxylation is 1. The molecule has 3 aliphatic rings. The van der Waals surface area contributed by atoms with E-state index in [0.29, 0.717) is 17.9 Å². The maximum atomic E-state index is 12.8. The minimum absolute atomic E-state index is 0.204. The summed E-state index contributed by atoms with van der Waals surface area (Å²) in [5, 5.41) is 0. The normalized spacial score (nSPS) is 30.5. The average molecular weight is 328 g/mol. The predicted molar refractivity (Wildman–Crippen MR) is 94.1 cm³/mol. The van der Waals surface area contributed by atoms with Crippen molar-refractivity contribution in [3.8, 4) is 0 Å². The molecule has 1 aromatic rings. The fourth-order valence-corrected chi connectivity index (χ4v) is 4.53. The molecule has 3 fully saturated rings. The molecule has 0 radical (unpaired) electrons. The number of benzene rings is 1. The molecule has 0 bridgehead atoms. The summed E-state index contributed by atoms with van der Waals surface area (Å²) in [6.07, 6.45) is 4.08. The third kappa shape index (κ3) is 3.35. The van der Waals surface area contributed by atoms with Crippen LogP contribution in [0.2, 0.25) is 0 Å². The van der Waals surface area contributed by atoms with Crippen molar-refractivity contribution in [2.75, 3.05) is 39.3 Å². The number of likely N-dealkylation sites (tertiary alicyclic amines) is 2. The summed E-state index contributed by atoms with van der Waals surface area (Å²) < 4.78 is 5.79. The van der Waals surface area contributed by atoms with E-state index in [4.69, 9.17) is 4.74 Å². The van der Waals surface area contributed by atoms with Gasteiger partial charge in [0, 0.05) is 38.3 Å². The maximum Gasteiger partial charge on any atom is 0.253 e. The molecular weight excluding hydrogens is 300 g/mol. The van der Waals surface area contributed by atoms with Gasteiger partial charge < -0.3 is 14.5 Å². The molecule has 0 aliphatic carbocycles. The number of nitrogens with zero attached hydrogens (tertiary/aromatic N) is 2. The Kier molecular flexibility index (Phi) is 4.59. The number of piperidine rings is 1. The van der Waals surface area contributed by atoms with Crippen molar-refractivity contribution in [2.24, 2.45) is 11.8 Å². The lowest BCUT2D eigenvalue weighted by Crippen LogP contribution is -2.43. The van der Waals surface area contributed by atoms with Gasteiger partial charge in [0.1, 0.15) is 0 Å². The van der Waals surface area contributed by atoms with Crippen molar-refractivity contribution in [3.05, 3.63) is 35.4 Å². The molecule has 24 heavy (non-hydrogen) atoms. The second-order valence-electron chi connectivity index (χ2n) is 7.78. The maximum absolute atomic E-state index is 12.8. The van der Waals surface area contributed by atoms with Crippen molar-refractivity contribution < 1.29 is 9.53 Å². The van der Waals surface area contributed by atoms with Crippen LogP contribution < -0.4 is 0 Å². The first kappa shape index (κ1) is 16.1. The Hall–Kier alpha value is -1.39. The van der Waals surface area contributed by atoms with Crippen LogP contribution in [0, 0.1) is 18.8 Å². The molecule has 0 unspecified atom stereocenters. The highest BCUT2D eigenvalue weighted by Crippen LogP contribution is 2.32. The van der Waals surface area contributed by atoms with E-state index < -0.39 is 0 Å². The van der Waals surface area contributed by atoms with Crippen LogP contribution in [0.1, 0.15) is 35.2 Å². The van der Waals surface area contributed by atoms with Gasteiger partial charge in [0.15, 0.2) is 0 Å². The van der Waals surface area contributed by atoms with Crippen LogP contribution in [-0.4, -0.2) is 61.1 Å². The molecule has 1 aromatic carbocycles. The molecular formula is C20H28N2O2. The number of rotatable bonds is 3. The van der Waals surface area contributed by atoms with Crippen molar-refractivity contribution in [3.63, 3.8) is 0 Å². The first-order valence-electron chi connectivity index (χ1n) is 9.39. The number of carbonyl (C=O) groups excluding carboxylic acids is 1. The highest BCUT2D eigenvalue weighted by molar-refractivity contribution is 5.94. The van der Waals surface area contributed by atoms with Gasteiger partial charge in [0.2, 0.25) is 0 Å². The molecule has 3 atom stereocenters. The fourth-order valence-electron chi connectivity index (χ4n) is 4.53. The second-order valence-corrected chi connectivity index (χ2v) is 7.78. The molecule has 4 rings (SSSR count). The van der Waals surface area contributed by atoms with Crippen molar-refractivity contribution >= 4 is 5.91 Å². The lowest BCUT2D eigenvalue weighted by atomic mass is 9.88. The van der Waals surface area contributed by atoms with Crippen LogP contribution in [0.15, 0.2) is 24.3 Å². The first-order chi connectivity index (χ1) is 11.7. The van der Waals surface area contributed by atoms with E-state index in [9.17, 15) is 4.79 Å². The summed E-state index contributed by atoms with van der Waals surface area (Å²) in [7, 11) is 0. The minimum atomic E-state index is 0.204. The number of ether oxygens (including phenoxy) is 1. The van der Waals surface area contributed by atoms with E-state index in [1.165, 1.54) is 24.8 Å². The summed E-state index contributed by atoms with van der Waals surface area (Å²) in [6, 6.07) is 7.98. The van der Waals surface area contributed by atoms with E-state index in [0.717, 1.165) is 44.9 Å². The Balaban J connectivity index is 1.35. The molecule has 4 heteroatoms. The van der Waals surface area contributed by atoms with Crippen molar-refractivity contribution in [2.45, 2.75) is 32.3 Å². The molecule has 0 aromatic heterocycles. The second kappa shape index (κ2) is 6.85. The molecule has 4 nitrogen and oxygen atoms in total. The fraction of sp³-hybridized carbons (Fsp3) is 0.650. The molecule has 130 valence electrons. The van der Waals surface area contributed by atoms with Crippen LogP contribution >= 0.6 is 0 Å². The van der Waals surface area contributed by atoms with Crippen LogP contribution in [0.5, 0.6) is 0 Å². The SMILES string of the molecule is Cc1ccc(C(=O)N2C[C@H]3CN(C[C@@H]4CCCO4)CC[C@H]3C2)cc1. The Morgan fingerprint density at radius 2 is 1.92 bits per heavy atom. The molecule has 3 heterocycles. The molecule has 3 aliphatic heterocycles. The molecule has 1 amide bonds. The summed E-state index contributed by atoms with van der Waals surface area (Å²) >= 11 is 0. The first-order valence-corrected chi connectivity index (χ1v) is 9.39. The smallest absolute Gasteiger partial charge is 0.253 e. The Morgan fingerprint density at radius 1 is 1.12 bits per heavy atom. The van der Waals surface area contributed by atoms with Gasteiger partial charge >= 0.3 is 0 Å². The van der Waals surface area contributed by atoms with Gasteiger partial charge in [-0.3, -0.25) is 4.79 Å². The summed E-state index contributed by atoms with van der Waals surface area (Å²) in [5.74, 6) is 1.52. The number of hydrogen-bond donors (Lipinski definition) is 0. The van der Waals surface area contributed by atoms with Crippen LogP contribution in [0.3, 0.4) is 0 Å². The number of amides is 1. The topological polar surface area (TPSA) is 32.8 Å². The van der Waals surface area contributed by atoms with Gasteiger partial charge in [-0.25, -0.2) is 0 Å². The average Bonchev–Trinajstić information content (AvgIpc) is 3.24. The van der Waals surface area contributed by atoms with Crippen molar-refractivity contribution in [1.29, 1.82) is 0 Å². The molecule has 3 saturated heterocycles. The third-order valence-corrected chi connectivity index (χ3v) is 5.96. The Labute approximate surface area is 144 Å². The highest BCUT2D eigenvalue weighted by Gasteiger charge is 2.39. The number of fused-ring (bicyclic) bond motifs is 1. The zero-order valence-corrected chi connectivity index (χ0v) is 14.6. The van der Waals surface area contributed by atoms with E-state index in [1.54, 1.807) is 0 Å². The van der Waals surface area contributed by atoms with Crippen LogP contribution in [0.25, 0.3) is 0 Å². The van der Waals surface area contributed by atoms with Gasteiger partial charge in [0.25, 0.3) is 5.91 Å². The zero-order valence-electron chi connectivity index (χ0n) is 14.6. The zero-order chi connectivity index (χ0) is 16.5. The van der Waals surface area contributed by atoms with Gasteiger partial charge in [0.05, 0.1) is 6.10 Å². The van der Waals surface area contributed by atoms with Gasteiger partial charge in [-0.05, 0) is 56.7 Å². The predicted octanol–water partition coefficient (Wildman–Crippen LogP) is 2.57. The Morgan fingerprint density at radius 3 is 2.67 bits per heavy atom. The van der Waals surface area contributed by atoms with E-state index in [1.807, 2.05) is 24.3 Å². The lowest BCUT2D eigenvalue weighted by Gasteiger charge is -2.35. The Bertz CT molecular complexity index is 580. The van der Waals surface area contributed by atoms with Crippen molar-refractivity contribution in [1.82, 2.24) is 9.80 Å². The molecule has 0 spiro atoms. The number of carbonyl (C=O) groups is 1. The van der Waals surface area contributed by atoms with Crippen LogP contribution in [-0.2, 0) is 4.74 Å². The quantitative estimate of drug-likeness (QED) is 0.855. The standard InChI is InChI=1S/C20H28N2O2/c1-15-4-6-16(7-5-15)20(23)22-12-17-8-9-21(11-18(17)13-22)14-19-3-2-10-24-19/h4-7,17-19H,2-3,8-14H2,1H3/t17-,18+,19-/m0/s1. The van der Waals surface area contributed by atoms with Gasteiger partial charge in [-0.2, -0.15) is 0 Å².